The van der Waals surface area contributed by atoms with Gasteiger partial charge in [-0.1, -0.05) is 30.3 Å². The Morgan fingerprint density at radius 3 is 2.61 bits per heavy atom. The van der Waals surface area contributed by atoms with Gasteiger partial charge >= 0.3 is 0 Å². The third kappa shape index (κ3) is 3.31. The van der Waals surface area contributed by atoms with Crippen LogP contribution in [0.3, 0.4) is 0 Å². The Bertz CT molecular complexity index is 393. The average Bonchev–Trinajstić information content (AvgIpc) is 2.70. The number of rotatable bonds is 4. The van der Waals surface area contributed by atoms with Gasteiger partial charge in [0.1, 0.15) is 0 Å². The van der Waals surface area contributed by atoms with Crippen molar-refractivity contribution in [1.29, 1.82) is 0 Å². The molecular formula is C14H19NO3. The number of benzene rings is 1. The van der Waals surface area contributed by atoms with Crippen LogP contribution in [0, 0.1) is 5.92 Å². The zero-order valence-electron chi connectivity index (χ0n) is 10.2. The van der Waals surface area contributed by atoms with Crippen LogP contribution in [0.4, 0.5) is 0 Å². The van der Waals surface area contributed by atoms with Crippen LogP contribution in [0.15, 0.2) is 30.3 Å². The van der Waals surface area contributed by atoms with Gasteiger partial charge in [-0.3, -0.25) is 4.79 Å². The maximum atomic E-state index is 11.8. The highest BCUT2D eigenvalue weighted by Crippen LogP contribution is 2.25. The summed E-state index contributed by atoms with van der Waals surface area (Å²) in [5.74, 6) is -0.135. The molecular weight excluding hydrogens is 230 g/mol. The van der Waals surface area contributed by atoms with Crippen LogP contribution in [-0.2, 0) is 11.2 Å². The summed E-state index contributed by atoms with van der Waals surface area (Å²) in [6, 6.07) is 9.54. The van der Waals surface area contributed by atoms with Crippen LogP contribution in [0.2, 0.25) is 0 Å². The Kier molecular flexibility index (Phi) is 4.33. The van der Waals surface area contributed by atoms with Crippen LogP contribution < -0.4 is 5.32 Å². The minimum atomic E-state index is -0.503. The van der Waals surface area contributed by atoms with Crippen molar-refractivity contribution >= 4 is 5.91 Å². The molecule has 98 valence electrons. The van der Waals surface area contributed by atoms with Gasteiger partial charge in [0.25, 0.3) is 0 Å². The molecule has 0 spiro atoms. The molecule has 0 aliphatic heterocycles. The topological polar surface area (TPSA) is 69.6 Å². The first-order valence-corrected chi connectivity index (χ1v) is 6.31. The number of carbonyl (C=O) groups is 1. The lowest BCUT2D eigenvalue weighted by atomic mass is 10.1. The van der Waals surface area contributed by atoms with Crippen molar-refractivity contribution < 1.29 is 15.0 Å². The van der Waals surface area contributed by atoms with E-state index in [-0.39, 0.29) is 24.5 Å². The van der Waals surface area contributed by atoms with E-state index >= 15 is 0 Å². The standard InChI is InChI=1S/C14H19NO3/c16-9-11-7-12(8-13(11)17)15-14(18)6-10-4-2-1-3-5-10/h1-5,11-13,16-17H,6-9H2,(H,15,18)/t11-,12-,13-/m0/s1. The van der Waals surface area contributed by atoms with E-state index in [1.54, 1.807) is 0 Å². The Hall–Kier alpha value is -1.39. The van der Waals surface area contributed by atoms with Gasteiger partial charge in [-0.2, -0.15) is 0 Å². The highest BCUT2D eigenvalue weighted by molar-refractivity contribution is 5.78. The molecule has 0 bridgehead atoms. The van der Waals surface area contributed by atoms with Crippen LogP contribution in [0.5, 0.6) is 0 Å². The Labute approximate surface area is 107 Å². The van der Waals surface area contributed by atoms with E-state index in [2.05, 4.69) is 5.32 Å². The van der Waals surface area contributed by atoms with Crippen molar-refractivity contribution in [2.45, 2.75) is 31.4 Å². The number of hydrogen-bond acceptors (Lipinski definition) is 3. The average molecular weight is 249 g/mol. The molecule has 1 fully saturated rings. The van der Waals surface area contributed by atoms with E-state index < -0.39 is 6.10 Å². The lowest BCUT2D eigenvalue weighted by Gasteiger charge is -2.12. The fraction of sp³-hybridized carbons (Fsp3) is 0.500. The van der Waals surface area contributed by atoms with Crippen molar-refractivity contribution in [3.63, 3.8) is 0 Å². The molecule has 4 nitrogen and oxygen atoms in total. The molecule has 0 radical (unpaired) electrons. The van der Waals surface area contributed by atoms with Crippen molar-refractivity contribution in [3.8, 4) is 0 Å². The first-order valence-electron chi connectivity index (χ1n) is 6.31. The van der Waals surface area contributed by atoms with Crippen molar-refractivity contribution in [1.82, 2.24) is 5.32 Å². The Balaban J connectivity index is 1.82. The summed E-state index contributed by atoms with van der Waals surface area (Å²) in [7, 11) is 0. The molecule has 1 aliphatic rings. The van der Waals surface area contributed by atoms with Gasteiger partial charge in [-0.05, 0) is 18.4 Å². The third-order valence-electron chi connectivity index (χ3n) is 3.46. The number of amides is 1. The van der Waals surface area contributed by atoms with Crippen LogP contribution in [-0.4, -0.2) is 34.9 Å². The fourth-order valence-electron chi connectivity index (χ4n) is 2.48. The summed E-state index contributed by atoms with van der Waals surface area (Å²) < 4.78 is 0. The SMILES string of the molecule is O=C(Cc1ccccc1)N[C@H]1C[C@@H](CO)[C@@H](O)C1. The quantitative estimate of drug-likeness (QED) is 0.727. The van der Waals surface area contributed by atoms with Gasteiger partial charge in [0, 0.05) is 18.6 Å². The number of hydrogen-bond donors (Lipinski definition) is 3. The van der Waals surface area contributed by atoms with Crippen LogP contribution in [0.25, 0.3) is 0 Å². The summed E-state index contributed by atoms with van der Waals surface area (Å²) in [5.41, 5.74) is 0.979. The Morgan fingerprint density at radius 1 is 1.28 bits per heavy atom. The first kappa shape index (κ1) is 13.1. The minimum Gasteiger partial charge on any atom is -0.396 e. The zero-order valence-corrected chi connectivity index (χ0v) is 10.2. The van der Waals surface area contributed by atoms with E-state index in [9.17, 15) is 9.90 Å². The highest BCUT2D eigenvalue weighted by Gasteiger charge is 2.33. The molecule has 1 saturated carbocycles. The van der Waals surface area contributed by atoms with E-state index in [0.717, 1.165) is 5.56 Å². The molecule has 0 unspecified atom stereocenters. The maximum absolute atomic E-state index is 11.8. The minimum absolute atomic E-state index is 0.0200. The summed E-state index contributed by atoms with van der Waals surface area (Å²) in [6.45, 7) is -0.0216. The molecule has 1 amide bonds. The van der Waals surface area contributed by atoms with E-state index in [1.807, 2.05) is 30.3 Å². The number of aliphatic hydroxyl groups is 2. The van der Waals surface area contributed by atoms with E-state index in [1.165, 1.54) is 0 Å². The van der Waals surface area contributed by atoms with Gasteiger partial charge in [0.2, 0.25) is 5.91 Å². The molecule has 3 atom stereocenters. The molecule has 1 aromatic carbocycles. The molecule has 3 N–H and O–H groups in total. The van der Waals surface area contributed by atoms with E-state index in [0.29, 0.717) is 19.3 Å². The van der Waals surface area contributed by atoms with Gasteiger partial charge in [0.15, 0.2) is 0 Å². The second-order valence-corrected chi connectivity index (χ2v) is 4.91. The molecule has 1 aromatic rings. The van der Waals surface area contributed by atoms with E-state index in [4.69, 9.17) is 5.11 Å². The number of nitrogens with one attached hydrogen (secondary N) is 1. The molecule has 0 aromatic heterocycles. The second kappa shape index (κ2) is 5.98. The highest BCUT2D eigenvalue weighted by atomic mass is 16.3. The molecule has 1 aliphatic carbocycles. The molecule has 2 rings (SSSR count). The van der Waals surface area contributed by atoms with Crippen molar-refractivity contribution in [3.05, 3.63) is 35.9 Å². The zero-order chi connectivity index (χ0) is 13.0. The summed E-state index contributed by atoms with van der Waals surface area (Å²) in [4.78, 5) is 11.8. The maximum Gasteiger partial charge on any atom is 0.224 e. The van der Waals surface area contributed by atoms with Crippen molar-refractivity contribution in [2.24, 2.45) is 5.92 Å². The third-order valence-corrected chi connectivity index (χ3v) is 3.46. The Morgan fingerprint density at radius 2 is 2.00 bits per heavy atom. The number of aliphatic hydroxyl groups excluding tert-OH is 2. The molecule has 0 heterocycles. The predicted octanol–water partition coefficient (Wildman–Crippen LogP) is 0.477. The smallest absolute Gasteiger partial charge is 0.224 e. The normalized spacial score (nSPS) is 27.1. The lowest BCUT2D eigenvalue weighted by Crippen LogP contribution is -2.34. The molecule has 0 saturated heterocycles. The van der Waals surface area contributed by atoms with Crippen LogP contribution >= 0.6 is 0 Å². The van der Waals surface area contributed by atoms with Crippen LogP contribution in [0.1, 0.15) is 18.4 Å². The van der Waals surface area contributed by atoms with Gasteiger partial charge in [0.05, 0.1) is 12.5 Å². The van der Waals surface area contributed by atoms with Crippen molar-refractivity contribution in [2.75, 3.05) is 6.61 Å². The number of carbonyl (C=O) groups excluding carboxylic acids is 1. The fourth-order valence-corrected chi connectivity index (χ4v) is 2.48. The summed E-state index contributed by atoms with van der Waals surface area (Å²) in [6.07, 6.45) is 1.04. The molecule has 4 heteroatoms. The predicted molar refractivity (Wildman–Crippen MR) is 67.9 cm³/mol. The van der Waals surface area contributed by atoms with Gasteiger partial charge in [-0.25, -0.2) is 0 Å². The summed E-state index contributed by atoms with van der Waals surface area (Å²) >= 11 is 0. The van der Waals surface area contributed by atoms with Gasteiger partial charge in [-0.15, -0.1) is 0 Å². The molecule has 18 heavy (non-hydrogen) atoms. The first-order chi connectivity index (χ1) is 8.69. The lowest BCUT2D eigenvalue weighted by molar-refractivity contribution is -0.121. The monoisotopic (exact) mass is 249 g/mol. The largest absolute Gasteiger partial charge is 0.396 e. The summed E-state index contributed by atoms with van der Waals surface area (Å²) in [5, 5.41) is 21.6. The second-order valence-electron chi connectivity index (χ2n) is 4.91. The van der Waals surface area contributed by atoms with Gasteiger partial charge < -0.3 is 15.5 Å².